The van der Waals surface area contributed by atoms with Gasteiger partial charge in [-0.3, -0.25) is 4.40 Å². The Morgan fingerprint density at radius 2 is 1.07 bits per heavy atom. The molecule has 212 valence electrons. The van der Waals surface area contributed by atoms with E-state index in [2.05, 4.69) is 95.4 Å². The fourth-order valence-corrected chi connectivity index (χ4v) is 9.51. The Hall–Kier alpha value is -5.50. The average Bonchev–Trinajstić information content (AvgIpc) is 3.52. The summed E-state index contributed by atoms with van der Waals surface area (Å²) in [5, 5.41) is 8.21. The zero-order valence-electron chi connectivity index (χ0n) is 24.3. The molecule has 0 radical (unpaired) electrons. The molecule has 0 atom stereocenters. The van der Waals surface area contributed by atoms with Crippen LogP contribution in [0.25, 0.3) is 60.3 Å². The summed E-state index contributed by atoms with van der Waals surface area (Å²) < 4.78 is 17.3. The Labute approximate surface area is 260 Å². The van der Waals surface area contributed by atoms with Gasteiger partial charge in [0.2, 0.25) is 0 Å². The van der Waals surface area contributed by atoms with Gasteiger partial charge >= 0.3 is 0 Å². The van der Waals surface area contributed by atoms with E-state index >= 15 is 4.57 Å². The molecule has 7 aromatic carbocycles. The summed E-state index contributed by atoms with van der Waals surface area (Å²) in [6.07, 6.45) is 0. The molecule has 0 fully saturated rings. The maximum absolute atomic E-state index is 15.1. The second-order valence-corrected chi connectivity index (χ2v) is 14.3. The molecule has 0 saturated heterocycles. The van der Waals surface area contributed by atoms with Gasteiger partial charge < -0.3 is 4.57 Å². The SMILES string of the molecule is O=P(c1ccccc1)(c1ccccc1)c1ccc2ccc(-c3ccc4c(c3)c3ccccc3c3nc5ccccc5n43)cc2c1. The van der Waals surface area contributed by atoms with Gasteiger partial charge in [0, 0.05) is 26.7 Å². The Bertz CT molecular complexity index is 2580. The van der Waals surface area contributed by atoms with Crippen molar-refractivity contribution in [3.05, 3.63) is 164 Å². The maximum atomic E-state index is 15.1. The molecule has 0 amide bonds. The van der Waals surface area contributed by atoms with Gasteiger partial charge in [-0.2, -0.15) is 0 Å². The number of hydrogen-bond donors (Lipinski definition) is 0. The minimum absolute atomic E-state index is 0.837. The minimum Gasteiger partial charge on any atom is -0.309 e. The summed E-state index contributed by atoms with van der Waals surface area (Å²) in [4.78, 5) is 5.02. The molecular weight excluding hydrogens is 567 g/mol. The Morgan fingerprint density at radius 1 is 0.444 bits per heavy atom. The molecule has 0 spiro atoms. The van der Waals surface area contributed by atoms with Crippen LogP contribution in [-0.4, -0.2) is 9.38 Å². The highest BCUT2D eigenvalue weighted by molar-refractivity contribution is 7.85. The fraction of sp³-hybridized carbons (Fsp3) is 0. The van der Waals surface area contributed by atoms with E-state index in [0.29, 0.717) is 0 Å². The van der Waals surface area contributed by atoms with Gasteiger partial charge in [-0.15, -0.1) is 0 Å². The van der Waals surface area contributed by atoms with Crippen LogP contribution in [0, 0.1) is 0 Å². The molecule has 0 bridgehead atoms. The third-order valence-electron chi connectivity index (χ3n) is 9.02. The largest absolute Gasteiger partial charge is 0.309 e. The zero-order valence-corrected chi connectivity index (χ0v) is 25.2. The van der Waals surface area contributed by atoms with Crippen molar-refractivity contribution in [1.29, 1.82) is 0 Å². The van der Waals surface area contributed by atoms with Gasteiger partial charge in [0.1, 0.15) is 5.65 Å². The normalized spacial score (nSPS) is 12.1. The minimum atomic E-state index is -3.07. The number of para-hydroxylation sites is 2. The van der Waals surface area contributed by atoms with Crippen molar-refractivity contribution in [3.63, 3.8) is 0 Å². The van der Waals surface area contributed by atoms with Crippen molar-refractivity contribution >= 4 is 72.2 Å². The lowest BCUT2D eigenvalue weighted by Crippen LogP contribution is -2.24. The van der Waals surface area contributed by atoms with Crippen LogP contribution in [-0.2, 0) is 4.57 Å². The van der Waals surface area contributed by atoms with Crippen LogP contribution in [0.4, 0.5) is 0 Å². The average molecular weight is 595 g/mol. The number of pyridine rings is 1. The van der Waals surface area contributed by atoms with E-state index in [1.165, 1.54) is 10.8 Å². The number of benzene rings is 7. The number of nitrogens with zero attached hydrogens (tertiary/aromatic N) is 2. The van der Waals surface area contributed by atoms with Crippen molar-refractivity contribution in [1.82, 2.24) is 9.38 Å². The molecule has 9 rings (SSSR count). The molecule has 9 aromatic rings. The lowest BCUT2D eigenvalue weighted by molar-refractivity contribution is 0.592. The first-order valence-corrected chi connectivity index (χ1v) is 16.9. The number of hydrogen-bond acceptors (Lipinski definition) is 2. The molecule has 4 heteroatoms. The second-order valence-electron chi connectivity index (χ2n) is 11.6. The van der Waals surface area contributed by atoms with E-state index in [1.807, 2.05) is 72.8 Å². The number of rotatable bonds is 4. The smallest absolute Gasteiger partial charge is 0.171 e. The first-order chi connectivity index (χ1) is 22.2. The van der Waals surface area contributed by atoms with Crippen LogP contribution in [0.1, 0.15) is 0 Å². The third kappa shape index (κ3) is 3.98. The van der Waals surface area contributed by atoms with Gasteiger partial charge in [0.25, 0.3) is 0 Å². The molecule has 2 heterocycles. The van der Waals surface area contributed by atoms with E-state index in [4.69, 9.17) is 4.98 Å². The number of imidazole rings is 1. The standard InChI is InChI=1S/C41H27N2OP/c44-45(32-11-3-1-4-12-32,33-13-5-2-6-14-33)34-23-21-28-19-20-29(25-31(28)26-34)30-22-24-39-37(27-30)35-15-7-8-16-36(35)41-42-38-17-9-10-18-40(38)43(39)41/h1-27H. The molecule has 3 nitrogen and oxygen atoms in total. The number of fused-ring (bicyclic) bond motifs is 9. The summed E-state index contributed by atoms with van der Waals surface area (Å²) in [6, 6.07) is 56.2. The van der Waals surface area contributed by atoms with Crippen LogP contribution in [0.5, 0.6) is 0 Å². The molecule has 0 saturated carbocycles. The topological polar surface area (TPSA) is 34.4 Å². The Kier molecular flexibility index (Phi) is 5.78. The first kappa shape index (κ1) is 25.9. The van der Waals surface area contributed by atoms with Gasteiger partial charge in [-0.1, -0.05) is 127 Å². The molecule has 0 aliphatic rings. The Balaban J connectivity index is 1.24. The van der Waals surface area contributed by atoms with Gasteiger partial charge in [0.15, 0.2) is 7.14 Å². The van der Waals surface area contributed by atoms with E-state index < -0.39 is 7.14 Å². The second kappa shape index (κ2) is 10.0. The van der Waals surface area contributed by atoms with Crippen LogP contribution in [0.3, 0.4) is 0 Å². The summed E-state index contributed by atoms with van der Waals surface area (Å²) in [6.45, 7) is 0. The van der Waals surface area contributed by atoms with Crippen molar-refractivity contribution in [2.45, 2.75) is 0 Å². The van der Waals surface area contributed by atoms with Crippen molar-refractivity contribution in [2.75, 3.05) is 0 Å². The molecule has 0 N–H and O–H groups in total. The lowest BCUT2D eigenvalue weighted by atomic mass is 9.98. The van der Waals surface area contributed by atoms with Gasteiger partial charge in [-0.25, -0.2) is 4.98 Å². The number of aromatic nitrogens is 2. The van der Waals surface area contributed by atoms with Crippen LogP contribution in [0.2, 0.25) is 0 Å². The third-order valence-corrected chi connectivity index (χ3v) is 12.1. The molecule has 0 aliphatic heterocycles. The van der Waals surface area contributed by atoms with Crippen LogP contribution < -0.4 is 15.9 Å². The van der Waals surface area contributed by atoms with Gasteiger partial charge in [-0.05, 0) is 63.7 Å². The van der Waals surface area contributed by atoms with Crippen LogP contribution in [0.15, 0.2) is 164 Å². The highest BCUT2D eigenvalue weighted by atomic mass is 31.2. The van der Waals surface area contributed by atoms with E-state index in [9.17, 15) is 0 Å². The zero-order chi connectivity index (χ0) is 30.0. The van der Waals surface area contributed by atoms with E-state index in [0.717, 1.165) is 65.4 Å². The summed E-state index contributed by atoms with van der Waals surface area (Å²) in [5.74, 6) is 0. The van der Waals surface area contributed by atoms with E-state index in [-0.39, 0.29) is 0 Å². The molecule has 0 aliphatic carbocycles. The summed E-state index contributed by atoms with van der Waals surface area (Å²) in [5.41, 5.74) is 6.47. The predicted octanol–water partition coefficient (Wildman–Crippen LogP) is 9.25. The highest BCUT2D eigenvalue weighted by Crippen LogP contribution is 2.43. The lowest BCUT2D eigenvalue weighted by Gasteiger charge is -2.20. The fourth-order valence-electron chi connectivity index (χ4n) is 6.82. The highest BCUT2D eigenvalue weighted by Gasteiger charge is 2.29. The quantitative estimate of drug-likeness (QED) is 0.150. The van der Waals surface area contributed by atoms with Crippen molar-refractivity contribution in [2.24, 2.45) is 0 Å². The monoisotopic (exact) mass is 594 g/mol. The van der Waals surface area contributed by atoms with Crippen molar-refractivity contribution < 1.29 is 4.57 Å². The Morgan fingerprint density at radius 3 is 1.84 bits per heavy atom. The molecule has 2 aromatic heterocycles. The predicted molar refractivity (Wildman–Crippen MR) is 190 cm³/mol. The molecular formula is C41H27N2OP. The van der Waals surface area contributed by atoms with Crippen molar-refractivity contribution in [3.8, 4) is 11.1 Å². The summed E-state index contributed by atoms with van der Waals surface area (Å²) in [7, 11) is -3.07. The summed E-state index contributed by atoms with van der Waals surface area (Å²) >= 11 is 0. The maximum Gasteiger partial charge on any atom is 0.171 e. The molecule has 0 unspecified atom stereocenters. The van der Waals surface area contributed by atoms with Crippen LogP contribution >= 0.6 is 7.14 Å². The van der Waals surface area contributed by atoms with Gasteiger partial charge in [0.05, 0.1) is 16.6 Å². The molecule has 45 heavy (non-hydrogen) atoms. The van der Waals surface area contributed by atoms with E-state index in [1.54, 1.807) is 0 Å². The first-order valence-electron chi connectivity index (χ1n) is 15.2.